The van der Waals surface area contributed by atoms with Crippen LogP contribution in [0.25, 0.3) is 0 Å². The summed E-state index contributed by atoms with van der Waals surface area (Å²) in [7, 11) is 1.59. The van der Waals surface area contributed by atoms with Gasteiger partial charge >= 0.3 is 5.97 Å². The van der Waals surface area contributed by atoms with E-state index in [1.807, 2.05) is 0 Å². The second-order valence-electron chi connectivity index (χ2n) is 4.78. The highest BCUT2D eigenvalue weighted by Crippen LogP contribution is 2.16. The van der Waals surface area contributed by atoms with Crippen molar-refractivity contribution >= 4 is 11.9 Å². The largest absolute Gasteiger partial charge is 0.497 e. The molecule has 21 heavy (non-hydrogen) atoms. The number of nitrogens with one attached hydrogen (secondary N) is 1. The van der Waals surface area contributed by atoms with E-state index in [4.69, 9.17) is 14.6 Å². The van der Waals surface area contributed by atoms with Crippen molar-refractivity contribution in [1.29, 1.82) is 0 Å². The molecular weight excluding hydrogens is 274 g/mol. The number of carboxylic acid groups (broad SMARTS) is 1. The van der Waals surface area contributed by atoms with Gasteiger partial charge in [-0.15, -0.1) is 0 Å². The van der Waals surface area contributed by atoms with Crippen LogP contribution in [-0.4, -0.2) is 37.2 Å². The van der Waals surface area contributed by atoms with Gasteiger partial charge in [-0.25, -0.2) is 0 Å². The molecule has 0 fully saturated rings. The molecule has 0 saturated carbocycles. The standard InChI is InChI=1S/C15H21NO5/c1-11(9-15(18)19)10-16-14(17)7-8-21-13-5-3-12(20-2)4-6-13/h3-6,11H,7-10H2,1-2H3,(H,16,17)(H,18,19). The number of benzene rings is 1. The number of aliphatic carboxylic acids is 1. The lowest BCUT2D eigenvalue weighted by Gasteiger charge is -2.11. The molecule has 0 aliphatic heterocycles. The molecule has 0 aromatic heterocycles. The molecule has 0 saturated heterocycles. The lowest BCUT2D eigenvalue weighted by atomic mass is 10.1. The summed E-state index contributed by atoms with van der Waals surface area (Å²) in [5.41, 5.74) is 0. The summed E-state index contributed by atoms with van der Waals surface area (Å²) < 4.78 is 10.5. The second kappa shape index (κ2) is 8.84. The van der Waals surface area contributed by atoms with Crippen molar-refractivity contribution in [1.82, 2.24) is 5.32 Å². The van der Waals surface area contributed by atoms with Gasteiger partial charge < -0.3 is 19.9 Å². The van der Waals surface area contributed by atoms with Crippen LogP contribution < -0.4 is 14.8 Å². The SMILES string of the molecule is COc1ccc(OCCC(=O)NCC(C)CC(=O)O)cc1. The first-order chi connectivity index (χ1) is 10.0. The molecule has 1 atom stereocenters. The Kier molecular flexibility index (Phi) is 7.08. The van der Waals surface area contributed by atoms with Crippen molar-refractivity contribution in [3.63, 3.8) is 0 Å². The van der Waals surface area contributed by atoms with Crippen LogP contribution in [-0.2, 0) is 9.59 Å². The van der Waals surface area contributed by atoms with Gasteiger partial charge in [-0.1, -0.05) is 6.92 Å². The van der Waals surface area contributed by atoms with Crippen LogP contribution in [0.2, 0.25) is 0 Å². The lowest BCUT2D eigenvalue weighted by Crippen LogP contribution is -2.30. The van der Waals surface area contributed by atoms with Gasteiger partial charge in [0.1, 0.15) is 11.5 Å². The van der Waals surface area contributed by atoms with E-state index >= 15 is 0 Å². The summed E-state index contributed by atoms with van der Waals surface area (Å²) in [4.78, 5) is 22.1. The first-order valence-electron chi connectivity index (χ1n) is 6.76. The van der Waals surface area contributed by atoms with E-state index < -0.39 is 5.97 Å². The number of amides is 1. The van der Waals surface area contributed by atoms with Crippen molar-refractivity contribution in [3.8, 4) is 11.5 Å². The Labute approximate surface area is 124 Å². The lowest BCUT2D eigenvalue weighted by molar-refractivity contribution is -0.138. The zero-order valence-electron chi connectivity index (χ0n) is 12.3. The third-order valence-electron chi connectivity index (χ3n) is 2.83. The second-order valence-corrected chi connectivity index (χ2v) is 4.78. The Hall–Kier alpha value is -2.24. The molecule has 0 bridgehead atoms. The number of ether oxygens (including phenoxy) is 2. The molecule has 0 aliphatic carbocycles. The van der Waals surface area contributed by atoms with Crippen LogP contribution in [0.15, 0.2) is 24.3 Å². The van der Waals surface area contributed by atoms with Gasteiger partial charge in [0.15, 0.2) is 0 Å². The summed E-state index contributed by atoms with van der Waals surface area (Å²) >= 11 is 0. The highest BCUT2D eigenvalue weighted by atomic mass is 16.5. The Balaban J connectivity index is 2.19. The Bertz CT molecular complexity index is 458. The van der Waals surface area contributed by atoms with Crippen LogP contribution >= 0.6 is 0 Å². The predicted octanol–water partition coefficient (Wildman–Crippen LogP) is 1.69. The van der Waals surface area contributed by atoms with Crippen LogP contribution in [0.4, 0.5) is 0 Å². The molecule has 0 heterocycles. The molecule has 116 valence electrons. The molecule has 6 heteroatoms. The van der Waals surface area contributed by atoms with Gasteiger partial charge in [-0.2, -0.15) is 0 Å². The number of hydrogen-bond donors (Lipinski definition) is 2. The summed E-state index contributed by atoms with van der Waals surface area (Å²) in [5, 5.41) is 11.3. The molecule has 1 amide bonds. The fourth-order valence-electron chi connectivity index (χ4n) is 1.68. The van der Waals surface area contributed by atoms with Gasteiger partial charge in [0, 0.05) is 13.0 Å². The number of rotatable bonds is 9. The maximum absolute atomic E-state index is 11.6. The predicted molar refractivity (Wildman–Crippen MR) is 77.5 cm³/mol. The number of carbonyl (C=O) groups excluding carboxylic acids is 1. The topological polar surface area (TPSA) is 84.9 Å². The van der Waals surface area contributed by atoms with Gasteiger partial charge in [-0.3, -0.25) is 9.59 Å². The minimum Gasteiger partial charge on any atom is -0.497 e. The van der Waals surface area contributed by atoms with Crippen molar-refractivity contribution in [2.24, 2.45) is 5.92 Å². The zero-order chi connectivity index (χ0) is 15.7. The molecule has 2 N–H and O–H groups in total. The molecule has 1 unspecified atom stereocenters. The van der Waals surface area contributed by atoms with E-state index in [2.05, 4.69) is 5.32 Å². The minimum absolute atomic E-state index is 0.0443. The first kappa shape index (κ1) is 16.8. The summed E-state index contributed by atoms with van der Waals surface area (Å²) in [6.45, 7) is 2.40. The number of hydrogen-bond acceptors (Lipinski definition) is 4. The Morgan fingerprint density at radius 1 is 1.24 bits per heavy atom. The number of methoxy groups -OCH3 is 1. The molecule has 6 nitrogen and oxygen atoms in total. The molecule has 1 aromatic rings. The molecule has 0 radical (unpaired) electrons. The Morgan fingerprint density at radius 2 is 1.86 bits per heavy atom. The maximum Gasteiger partial charge on any atom is 0.303 e. The normalized spacial score (nSPS) is 11.5. The summed E-state index contributed by atoms with van der Waals surface area (Å²) in [6.07, 6.45) is 0.272. The van der Waals surface area contributed by atoms with E-state index in [0.29, 0.717) is 12.3 Å². The van der Waals surface area contributed by atoms with Crippen molar-refractivity contribution in [3.05, 3.63) is 24.3 Å². The number of carboxylic acids is 1. The van der Waals surface area contributed by atoms with Gasteiger partial charge in [0.2, 0.25) is 5.91 Å². The Morgan fingerprint density at radius 3 is 2.43 bits per heavy atom. The minimum atomic E-state index is -0.861. The van der Waals surface area contributed by atoms with Gasteiger partial charge in [0.25, 0.3) is 0 Å². The van der Waals surface area contributed by atoms with Crippen molar-refractivity contribution in [2.45, 2.75) is 19.8 Å². The highest BCUT2D eigenvalue weighted by molar-refractivity contribution is 5.76. The quantitative estimate of drug-likeness (QED) is 0.724. The van der Waals surface area contributed by atoms with Crippen molar-refractivity contribution in [2.75, 3.05) is 20.3 Å². The molecule has 1 aromatic carbocycles. The van der Waals surface area contributed by atoms with Crippen LogP contribution in [0, 0.1) is 5.92 Å². The smallest absolute Gasteiger partial charge is 0.303 e. The van der Waals surface area contributed by atoms with Crippen molar-refractivity contribution < 1.29 is 24.2 Å². The van der Waals surface area contributed by atoms with E-state index in [-0.39, 0.29) is 31.3 Å². The van der Waals surface area contributed by atoms with Gasteiger partial charge in [0.05, 0.1) is 20.1 Å². The van der Waals surface area contributed by atoms with Crippen LogP contribution in [0.1, 0.15) is 19.8 Å². The monoisotopic (exact) mass is 295 g/mol. The van der Waals surface area contributed by atoms with E-state index in [1.165, 1.54) is 0 Å². The van der Waals surface area contributed by atoms with E-state index in [0.717, 1.165) is 5.75 Å². The van der Waals surface area contributed by atoms with E-state index in [1.54, 1.807) is 38.3 Å². The molecule has 1 rings (SSSR count). The van der Waals surface area contributed by atoms with E-state index in [9.17, 15) is 9.59 Å². The average molecular weight is 295 g/mol. The summed E-state index contributed by atoms with van der Waals surface area (Å²) in [6, 6.07) is 7.10. The zero-order valence-corrected chi connectivity index (χ0v) is 12.3. The van der Waals surface area contributed by atoms with Gasteiger partial charge in [-0.05, 0) is 30.2 Å². The third kappa shape index (κ3) is 7.20. The molecular formula is C15H21NO5. The summed E-state index contributed by atoms with van der Waals surface area (Å²) in [5.74, 6) is 0.310. The molecule has 0 spiro atoms. The highest BCUT2D eigenvalue weighted by Gasteiger charge is 2.09. The van der Waals surface area contributed by atoms with Crippen LogP contribution in [0.3, 0.4) is 0 Å². The molecule has 0 aliphatic rings. The fraction of sp³-hybridized carbons (Fsp3) is 0.467. The number of carbonyl (C=O) groups is 2. The van der Waals surface area contributed by atoms with Crippen LogP contribution in [0.5, 0.6) is 11.5 Å². The fourth-order valence-corrected chi connectivity index (χ4v) is 1.68. The third-order valence-corrected chi connectivity index (χ3v) is 2.83. The first-order valence-corrected chi connectivity index (χ1v) is 6.76. The maximum atomic E-state index is 11.6. The average Bonchev–Trinajstić information content (AvgIpc) is 2.45.